The first kappa shape index (κ1) is 56.7. The quantitative estimate of drug-likeness (QED) is 0.0464. The summed E-state index contributed by atoms with van der Waals surface area (Å²) in [6.07, 6.45) is 31.8. The highest BCUT2D eigenvalue weighted by atomic mass is 16.5. The molecule has 0 aromatic carbocycles. The van der Waals surface area contributed by atoms with Gasteiger partial charge in [0.1, 0.15) is 19.8 Å². The largest absolute Gasteiger partial charge is 0.463 e. The minimum Gasteiger partial charge on any atom is -0.463 e. The Bertz CT molecular complexity index is 947. The van der Waals surface area contributed by atoms with Gasteiger partial charge in [-0.25, -0.2) is 0 Å². The van der Waals surface area contributed by atoms with Gasteiger partial charge in [-0.2, -0.15) is 0 Å². The fraction of sp³-hybridized carbons (Fsp3) is 0.913. The summed E-state index contributed by atoms with van der Waals surface area (Å²) in [5.41, 5.74) is 0. The van der Waals surface area contributed by atoms with Gasteiger partial charge in [0.05, 0.1) is 46.1 Å². The van der Waals surface area contributed by atoms with E-state index in [4.69, 9.17) is 23.7 Å². The molecule has 3 amide bonds. The second-order valence-electron chi connectivity index (χ2n) is 15.9. The van der Waals surface area contributed by atoms with Crippen LogP contribution in [0.4, 0.5) is 0 Å². The van der Waals surface area contributed by atoms with Crippen molar-refractivity contribution in [1.29, 1.82) is 0 Å². The molecule has 0 saturated carbocycles. The maximum atomic E-state index is 12.7. The van der Waals surface area contributed by atoms with Gasteiger partial charge in [-0.15, -0.1) is 0 Å². The first-order chi connectivity index (χ1) is 28.9. The van der Waals surface area contributed by atoms with Gasteiger partial charge >= 0.3 is 5.97 Å². The number of hydrogen-bond donors (Lipinski definition) is 2. The lowest BCUT2D eigenvalue weighted by molar-refractivity contribution is -0.144. The van der Waals surface area contributed by atoms with Gasteiger partial charge in [0.25, 0.3) is 0 Å². The Hall–Kier alpha value is -2.32. The van der Waals surface area contributed by atoms with Crippen LogP contribution in [0, 0.1) is 0 Å². The predicted molar refractivity (Wildman–Crippen MR) is 238 cm³/mol. The van der Waals surface area contributed by atoms with Gasteiger partial charge in [-0.3, -0.25) is 24.1 Å². The Morgan fingerprint density at radius 3 is 1.36 bits per heavy atom. The highest BCUT2D eigenvalue weighted by Crippen LogP contribution is 2.14. The third-order valence-electron chi connectivity index (χ3n) is 10.5. The molecule has 0 aromatic rings. The summed E-state index contributed by atoms with van der Waals surface area (Å²) in [7, 11) is 3.10. The molecule has 0 spiro atoms. The first-order valence-electron chi connectivity index (χ1n) is 23.7. The molecule has 0 heterocycles. The number of nitrogens with zero attached hydrogens (tertiary/aromatic N) is 2. The van der Waals surface area contributed by atoms with Crippen LogP contribution in [0.2, 0.25) is 0 Å². The molecule has 0 aromatic heterocycles. The van der Waals surface area contributed by atoms with Crippen molar-refractivity contribution in [2.24, 2.45) is 0 Å². The molecule has 2 N–H and O–H groups in total. The zero-order valence-electron chi connectivity index (χ0n) is 38.4. The van der Waals surface area contributed by atoms with Gasteiger partial charge in [0, 0.05) is 27.3 Å². The smallest absolute Gasteiger partial charge is 0.325 e. The van der Waals surface area contributed by atoms with E-state index in [0.29, 0.717) is 26.4 Å². The molecule has 348 valence electrons. The van der Waals surface area contributed by atoms with Crippen molar-refractivity contribution in [3.8, 4) is 0 Å². The average molecular weight is 843 g/mol. The monoisotopic (exact) mass is 843 g/mol. The van der Waals surface area contributed by atoms with Crippen molar-refractivity contribution in [2.75, 3.05) is 106 Å². The second kappa shape index (κ2) is 45.2. The van der Waals surface area contributed by atoms with Crippen LogP contribution in [-0.4, -0.2) is 140 Å². The first-order valence-corrected chi connectivity index (χ1v) is 23.7. The summed E-state index contributed by atoms with van der Waals surface area (Å²) < 4.78 is 26.2. The SMILES string of the molecule is CCCCCCCCCCCCCCN(CCCCCCCCCCCCCC)CCOC(=O)CNC(=O)CNC(=O)CN(CCOCCOC)C(=O)COCCOC. The minimum atomic E-state index is -0.528. The molecule has 0 rings (SSSR count). The highest BCUT2D eigenvalue weighted by molar-refractivity contribution is 5.89. The standard InChI is InChI=1S/C46H90N4O9/c1-5-7-9-11-13-15-17-19-21-23-25-27-29-49(30-28-26-24-22-20-18-16-14-12-10-8-6-2)31-34-59-46(54)40-48-43(51)39-47-44(52)41-50(32-33-57-37-35-55-3)45(53)42-58-38-36-56-4/h5-42H2,1-4H3,(H,47,52)(H,48,51). The zero-order chi connectivity index (χ0) is 43.3. The molecule has 0 aliphatic carbocycles. The third kappa shape index (κ3) is 40.8. The van der Waals surface area contributed by atoms with E-state index in [-0.39, 0.29) is 58.5 Å². The van der Waals surface area contributed by atoms with Crippen LogP contribution in [0.25, 0.3) is 0 Å². The fourth-order valence-electron chi connectivity index (χ4n) is 6.77. The van der Waals surface area contributed by atoms with E-state index in [2.05, 4.69) is 29.4 Å². The topological polar surface area (TPSA) is 145 Å². The fourth-order valence-corrected chi connectivity index (χ4v) is 6.77. The molecule has 0 aliphatic heterocycles. The van der Waals surface area contributed by atoms with E-state index in [1.54, 1.807) is 7.11 Å². The minimum absolute atomic E-state index is 0.164. The number of rotatable bonds is 46. The summed E-state index contributed by atoms with van der Waals surface area (Å²) in [6, 6.07) is 0. The van der Waals surface area contributed by atoms with Gasteiger partial charge in [-0.1, -0.05) is 155 Å². The molecular formula is C46H90N4O9. The van der Waals surface area contributed by atoms with Crippen LogP contribution >= 0.6 is 0 Å². The summed E-state index contributed by atoms with van der Waals surface area (Å²) in [5, 5.41) is 5.03. The van der Waals surface area contributed by atoms with Crippen LogP contribution < -0.4 is 10.6 Å². The van der Waals surface area contributed by atoms with Gasteiger partial charge in [0.2, 0.25) is 17.7 Å². The van der Waals surface area contributed by atoms with Crippen LogP contribution in [-0.2, 0) is 42.9 Å². The van der Waals surface area contributed by atoms with E-state index < -0.39 is 17.8 Å². The van der Waals surface area contributed by atoms with Crippen molar-refractivity contribution in [3.05, 3.63) is 0 Å². The van der Waals surface area contributed by atoms with Crippen molar-refractivity contribution in [2.45, 2.75) is 168 Å². The molecule has 0 fully saturated rings. The Kier molecular flexibility index (Phi) is 43.4. The number of nitrogens with one attached hydrogen (secondary N) is 2. The Balaban J connectivity index is 4.56. The van der Waals surface area contributed by atoms with E-state index in [1.165, 1.54) is 153 Å². The van der Waals surface area contributed by atoms with E-state index in [0.717, 1.165) is 25.9 Å². The van der Waals surface area contributed by atoms with Crippen molar-refractivity contribution < 1.29 is 42.9 Å². The Morgan fingerprint density at radius 2 is 0.881 bits per heavy atom. The molecule has 13 nitrogen and oxygen atoms in total. The van der Waals surface area contributed by atoms with Crippen LogP contribution in [0.15, 0.2) is 0 Å². The number of amides is 3. The maximum absolute atomic E-state index is 12.7. The van der Waals surface area contributed by atoms with Crippen LogP contribution in [0.5, 0.6) is 0 Å². The van der Waals surface area contributed by atoms with Crippen LogP contribution in [0.1, 0.15) is 168 Å². The molecule has 13 heteroatoms. The lowest BCUT2D eigenvalue weighted by Gasteiger charge is -2.22. The number of ether oxygens (including phenoxy) is 5. The molecular weight excluding hydrogens is 753 g/mol. The predicted octanol–water partition coefficient (Wildman–Crippen LogP) is 7.62. The average Bonchev–Trinajstić information content (AvgIpc) is 3.23. The Labute approximate surface area is 360 Å². The zero-order valence-corrected chi connectivity index (χ0v) is 38.4. The van der Waals surface area contributed by atoms with Crippen molar-refractivity contribution >= 4 is 23.7 Å². The second-order valence-corrected chi connectivity index (χ2v) is 15.9. The molecule has 0 unspecified atom stereocenters. The number of methoxy groups -OCH3 is 2. The molecule has 0 saturated heterocycles. The van der Waals surface area contributed by atoms with Crippen molar-refractivity contribution in [3.63, 3.8) is 0 Å². The molecule has 0 aliphatic rings. The summed E-state index contributed by atoms with van der Waals surface area (Å²) >= 11 is 0. The van der Waals surface area contributed by atoms with Gasteiger partial charge in [0.15, 0.2) is 0 Å². The summed E-state index contributed by atoms with van der Waals surface area (Å²) in [4.78, 5) is 54.0. The number of unbranched alkanes of at least 4 members (excludes halogenated alkanes) is 22. The summed E-state index contributed by atoms with van der Waals surface area (Å²) in [5.74, 6) is -1.95. The van der Waals surface area contributed by atoms with Crippen LogP contribution in [0.3, 0.4) is 0 Å². The Morgan fingerprint density at radius 1 is 0.441 bits per heavy atom. The van der Waals surface area contributed by atoms with Crippen molar-refractivity contribution in [1.82, 2.24) is 20.4 Å². The molecule has 0 atom stereocenters. The molecule has 0 bridgehead atoms. The summed E-state index contributed by atoms with van der Waals surface area (Å²) in [6.45, 7) is 8.12. The lowest BCUT2D eigenvalue weighted by Crippen LogP contribution is -2.46. The number of esters is 1. The third-order valence-corrected chi connectivity index (χ3v) is 10.5. The van der Waals surface area contributed by atoms with E-state index >= 15 is 0 Å². The number of carbonyl (C=O) groups excluding carboxylic acids is 4. The maximum Gasteiger partial charge on any atom is 0.325 e. The van der Waals surface area contributed by atoms with E-state index in [9.17, 15) is 19.2 Å². The van der Waals surface area contributed by atoms with Gasteiger partial charge < -0.3 is 39.2 Å². The molecule has 59 heavy (non-hydrogen) atoms. The van der Waals surface area contributed by atoms with Gasteiger partial charge in [-0.05, 0) is 25.9 Å². The normalized spacial score (nSPS) is 11.3. The highest BCUT2D eigenvalue weighted by Gasteiger charge is 2.18. The number of carbonyl (C=O) groups is 4. The molecule has 0 radical (unpaired) electrons. The number of hydrogen-bond acceptors (Lipinski definition) is 10. The van der Waals surface area contributed by atoms with E-state index in [1.807, 2.05) is 0 Å². The lowest BCUT2D eigenvalue weighted by atomic mass is 10.0.